The molecule has 0 radical (unpaired) electrons. The lowest BCUT2D eigenvalue weighted by atomic mass is 9.76. The first-order valence-corrected chi connectivity index (χ1v) is 3.21. The molecule has 9 heavy (non-hydrogen) atoms. The van der Waals surface area contributed by atoms with Gasteiger partial charge in [-0.15, -0.1) is 0 Å². The van der Waals surface area contributed by atoms with Crippen molar-refractivity contribution in [3.63, 3.8) is 0 Å². The molecule has 0 aromatic rings. The number of rotatable bonds is 0. The Morgan fingerprint density at radius 2 is 2.22 bits per heavy atom. The molecule has 0 bridgehead atoms. The zero-order valence-corrected chi connectivity index (χ0v) is 5.13. The minimum atomic E-state index is 0.178. The maximum atomic E-state index is 10.7. The monoisotopic (exact) mass is 120 g/mol. The molecule has 0 aromatic carbocycles. The fourth-order valence-electron chi connectivity index (χ4n) is 1.38. The predicted molar refractivity (Wildman–Crippen MR) is 35.0 cm³/mol. The number of allylic oxidation sites excluding steroid dienone is 4. The standard InChI is InChI=1S/C8H8O/c9-7-2-5-8(6-7)3-1-4-8/h1-3,5H,4,6H2. The first-order valence-electron chi connectivity index (χ1n) is 3.21. The van der Waals surface area contributed by atoms with Gasteiger partial charge in [-0.3, -0.25) is 4.79 Å². The Kier molecular flexibility index (Phi) is 0.747. The van der Waals surface area contributed by atoms with Gasteiger partial charge in [-0.1, -0.05) is 18.2 Å². The Bertz CT molecular complexity index is 213. The summed E-state index contributed by atoms with van der Waals surface area (Å²) in [7, 11) is 0. The van der Waals surface area contributed by atoms with Crippen LogP contribution in [-0.2, 0) is 4.79 Å². The molecule has 0 heterocycles. The van der Waals surface area contributed by atoms with E-state index in [1.807, 2.05) is 6.08 Å². The molecule has 46 valence electrons. The van der Waals surface area contributed by atoms with Crippen LogP contribution < -0.4 is 0 Å². The van der Waals surface area contributed by atoms with Gasteiger partial charge >= 0.3 is 0 Å². The van der Waals surface area contributed by atoms with E-state index in [1.54, 1.807) is 6.08 Å². The average Bonchev–Trinajstić information content (AvgIpc) is 2.09. The van der Waals surface area contributed by atoms with Crippen molar-refractivity contribution >= 4 is 5.78 Å². The second kappa shape index (κ2) is 1.35. The Morgan fingerprint density at radius 3 is 2.44 bits per heavy atom. The summed E-state index contributed by atoms with van der Waals surface area (Å²) in [4.78, 5) is 10.7. The lowest BCUT2D eigenvalue weighted by molar-refractivity contribution is -0.115. The van der Waals surface area contributed by atoms with Crippen LogP contribution in [0.3, 0.4) is 0 Å². The Balaban J connectivity index is 2.28. The summed E-state index contributed by atoms with van der Waals surface area (Å²) in [6, 6.07) is 0. The topological polar surface area (TPSA) is 17.1 Å². The number of hydrogen-bond acceptors (Lipinski definition) is 1. The summed E-state index contributed by atoms with van der Waals surface area (Å²) in [6.07, 6.45) is 9.73. The molecule has 1 atom stereocenters. The van der Waals surface area contributed by atoms with Gasteiger partial charge < -0.3 is 0 Å². The molecule has 0 N–H and O–H groups in total. The lowest BCUT2D eigenvalue weighted by Crippen LogP contribution is -2.18. The van der Waals surface area contributed by atoms with Gasteiger partial charge in [-0.2, -0.15) is 0 Å². The average molecular weight is 120 g/mol. The number of hydrogen-bond donors (Lipinski definition) is 0. The van der Waals surface area contributed by atoms with Crippen LogP contribution >= 0.6 is 0 Å². The third-order valence-corrected chi connectivity index (χ3v) is 2.05. The summed E-state index contributed by atoms with van der Waals surface area (Å²) in [5, 5.41) is 0. The van der Waals surface area contributed by atoms with Crippen molar-refractivity contribution in [1.82, 2.24) is 0 Å². The second-order valence-corrected chi connectivity index (χ2v) is 2.82. The van der Waals surface area contributed by atoms with Crippen molar-refractivity contribution in [2.45, 2.75) is 12.8 Å². The van der Waals surface area contributed by atoms with Crippen LogP contribution in [0.25, 0.3) is 0 Å². The molecule has 1 heteroatoms. The molecule has 2 aliphatic carbocycles. The summed E-state index contributed by atoms with van der Waals surface area (Å²) in [5.74, 6) is 0.277. The zero-order chi connectivity index (χ0) is 6.32. The van der Waals surface area contributed by atoms with Crippen molar-refractivity contribution in [3.05, 3.63) is 24.3 Å². The summed E-state index contributed by atoms with van der Waals surface area (Å²) < 4.78 is 0. The van der Waals surface area contributed by atoms with E-state index in [9.17, 15) is 4.79 Å². The van der Waals surface area contributed by atoms with Gasteiger partial charge in [0.25, 0.3) is 0 Å². The molecule has 1 nitrogen and oxygen atoms in total. The van der Waals surface area contributed by atoms with Crippen molar-refractivity contribution < 1.29 is 4.79 Å². The Hall–Kier alpha value is -0.850. The maximum absolute atomic E-state index is 10.7. The number of carbonyl (C=O) groups is 1. The van der Waals surface area contributed by atoms with Crippen LogP contribution in [-0.4, -0.2) is 5.78 Å². The van der Waals surface area contributed by atoms with Gasteiger partial charge in [0.2, 0.25) is 0 Å². The molecular formula is C8H8O. The highest BCUT2D eigenvalue weighted by molar-refractivity contribution is 5.93. The summed E-state index contributed by atoms with van der Waals surface area (Å²) in [5.41, 5.74) is 0.178. The highest BCUT2D eigenvalue weighted by Crippen LogP contribution is 2.41. The van der Waals surface area contributed by atoms with Crippen molar-refractivity contribution in [2.24, 2.45) is 5.41 Å². The first-order chi connectivity index (χ1) is 4.31. The molecule has 0 saturated carbocycles. The van der Waals surface area contributed by atoms with Crippen LogP contribution in [0.5, 0.6) is 0 Å². The minimum Gasteiger partial charge on any atom is -0.295 e. The van der Waals surface area contributed by atoms with Crippen LogP contribution in [0, 0.1) is 5.41 Å². The molecule has 0 saturated heterocycles. The Morgan fingerprint density at radius 1 is 1.44 bits per heavy atom. The van der Waals surface area contributed by atoms with Gasteiger partial charge in [-0.05, 0) is 12.5 Å². The van der Waals surface area contributed by atoms with E-state index >= 15 is 0 Å². The second-order valence-electron chi connectivity index (χ2n) is 2.82. The lowest BCUT2D eigenvalue weighted by Gasteiger charge is -2.27. The summed E-state index contributed by atoms with van der Waals surface area (Å²) >= 11 is 0. The molecule has 0 fully saturated rings. The third kappa shape index (κ3) is 0.576. The minimum absolute atomic E-state index is 0.178. The van der Waals surface area contributed by atoms with E-state index in [-0.39, 0.29) is 11.2 Å². The number of carbonyl (C=O) groups excluding carboxylic acids is 1. The van der Waals surface area contributed by atoms with Gasteiger partial charge in [0.05, 0.1) is 0 Å². The van der Waals surface area contributed by atoms with E-state index in [1.165, 1.54) is 0 Å². The van der Waals surface area contributed by atoms with Crippen molar-refractivity contribution in [2.75, 3.05) is 0 Å². The quantitative estimate of drug-likeness (QED) is 0.442. The van der Waals surface area contributed by atoms with Gasteiger partial charge in [-0.25, -0.2) is 0 Å². The molecule has 2 aliphatic rings. The normalized spacial score (nSPS) is 38.0. The van der Waals surface area contributed by atoms with Crippen molar-refractivity contribution in [1.29, 1.82) is 0 Å². The third-order valence-electron chi connectivity index (χ3n) is 2.05. The molecular weight excluding hydrogens is 112 g/mol. The largest absolute Gasteiger partial charge is 0.295 e. The smallest absolute Gasteiger partial charge is 0.156 e. The fourth-order valence-corrected chi connectivity index (χ4v) is 1.38. The van der Waals surface area contributed by atoms with Crippen molar-refractivity contribution in [3.8, 4) is 0 Å². The summed E-state index contributed by atoms with van der Waals surface area (Å²) in [6.45, 7) is 0. The maximum Gasteiger partial charge on any atom is 0.156 e. The zero-order valence-electron chi connectivity index (χ0n) is 5.13. The van der Waals surface area contributed by atoms with Gasteiger partial charge in [0.1, 0.15) is 0 Å². The molecule has 0 aromatic heterocycles. The number of ketones is 1. The van der Waals surface area contributed by atoms with E-state index in [2.05, 4.69) is 12.2 Å². The molecule has 0 amide bonds. The van der Waals surface area contributed by atoms with Crippen LogP contribution in [0.4, 0.5) is 0 Å². The van der Waals surface area contributed by atoms with E-state index in [0.29, 0.717) is 6.42 Å². The highest BCUT2D eigenvalue weighted by Gasteiger charge is 2.34. The van der Waals surface area contributed by atoms with Gasteiger partial charge in [0, 0.05) is 11.8 Å². The van der Waals surface area contributed by atoms with E-state index < -0.39 is 0 Å². The van der Waals surface area contributed by atoms with Crippen LogP contribution in [0.1, 0.15) is 12.8 Å². The van der Waals surface area contributed by atoms with E-state index in [0.717, 1.165) is 6.42 Å². The molecule has 2 rings (SSSR count). The van der Waals surface area contributed by atoms with Gasteiger partial charge in [0.15, 0.2) is 5.78 Å². The highest BCUT2D eigenvalue weighted by atomic mass is 16.1. The van der Waals surface area contributed by atoms with Crippen LogP contribution in [0.2, 0.25) is 0 Å². The Labute approximate surface area is 54.1 Å². The fraction of sp³-hybridized carbons (Fsp3) is 0.375. The SMILES string of the molecule is O=C1C=CC2(C=CC2)C1. The first kappa shape index (κ1) is 4.98. The predicted octanol–water partition coefficient (Wildman–Crippen LogP) is 1.46. The molecule has 1 unspecified atom stereocenters. The molecule has 1 spiro atoms. The van der Waals surface area contributed by atoms with E-state index in [4.69, 9.17) is 0 Å². The van der Waals surface area contributed by atoms with Crippen LogP contribution in [0.15, 0.2) is 24.3 Å². The molecule has 0 aliphatic heterocycles.